The van der Waals surface area contributed by atoms with Crippen LogP contribution in [0.5, 0.6) is 0 Å². The first kappa shape index (κ1) is 12.2. The van der Waals surface area contributed by atoms with Gasteiger partial charge >= 0.3 is 0 Å². The molecule has 0 bridgehead atoms. The Hall–Kier alpha value is -0.870. The van der Waals surface area contributed by atoms with Gasteiger partial charge in [-0.2, -0.15) is 0 Å². The molecule has 84 valence electrons. The van der Waals surface area contributed by atoms with Crippen molar-refractivity contribution in [1.29, 1.82) is 0 Å². The lowest BCUT2D eigenvalue weighted by atomic mass is 10.2. The summed E-state index contributed by atoms with van der Waals surface area (Å²) in [6, 6.07) is 1.26. The van der Waals surface area contributed by atoms with E-state index in [2.05, 4.69) is 4.98 Å². The van der Waals surface area contributed by atoms with Gasteiger partial charge in [-0.05, 0) is 6.92 Å². The van der Waals surface area contributed by atoms with Gasteiger partial charge in [0, 0.05) is 12.0 Å². The summed E-state index contributed by atoms with van der Waals surface area (Å²) in [5.74, 6) is 0.698. The summed E-state index contributed by atoms with van der Waals surface area (Å²) in [7, 11) is 0. The maximum atomic E-state index is 11.6. The molecule has 0 aliphatic rings. The van der Waals surface area contributed by atoms with Gasteiger partial charge in [0.2, 0.25) is 0 Å². The van der Waals surface area contributed by atoms with Gasteiger partial charge in [0.15, 0.2) is 0 Å². The number of halogens is 1. The van der Waals surface area contributed by atoms with Crippen molar-refractivity contribution >= 4 is 11.6 Å². The van der Waals surface area contributed by atoms with Gasteiger partial charge in [-0.15, -0.1) is 0 Å². The van der Waals surface area contributed by atoms with Crippen LogP contribution in [-0.2, 0) is 6.54 Å². The van der Waals surface area contributed by atoms with Crippen molar-refractivity contribution in [1.82, 2.24) is 9.55 Å². The molecule has 15 heavy (non-hydrogen) atoms. The van der Waals surface area contributed by atoms with Crippen LogP contribution in [0, 0.1) is 0 Å². The van der Waals surface area contributed by atoms with E-state index in [1.54, 1.807) is 6.92 Å². The van der Waals surface area contributed by atoms with Crippen molar-refractivity contribution in [2.75, 3.05) is 0 Å². The first-order valence-electron chi connectivity index (χ1n) is 4.87. The number of rotatable bonds is 3. The van der Waals surface area contributed by atoms with Crippen molar-refractivity contribution in [3.05, 3.63) is 27.4 Å². The molecule has 1 unspecified atom stereocenters. The fourth-order valence-electron chi connectivity index (χ4n) is 1.38. The molecule has 0 fully saturated rings. The number of aliphatic hydroxyl groups excluding tert-OH is 1. The Kier molecular flexibility index (Phi) is 3.88. The minimum Gasteiger partial charge on any atom is -0.392 e. The summed E-state index contributed by atoms with van der Waals surface area (Å²) in [5.41, 5.74) is -0.223. The second-order valence-electron chi connectivity index (χ2n) is 3.89. The van der Waals surface area contributed by atoms with E-state index in [9.17, 15) is 9.90 Å². The molecule has 0 saturated carbocycles. The summed E-state index contributed by atoms with van der Waals surface area (Å²) in [6.45, 7) is 5.73. The van der Waals surface area contributed by atoms with Crippen LogP contribution in [0.2, 0.25) is 5.15 Å². The predicted octanol–water partition coefficient (Wildman–Crippen LogP) is 1.40. The Labute approximate surface area is 93.5 Å². The molecule has 0 aromatic carbocycles. The molecular weight excluding hydrogens is 216 g/mol. The van der Waals surface area contributed by atoms with Crippen molar-refractivity contribution in [2.45, 2.75) is 39.3 Å². The van der Waals surface area contributed by atoms with E-state index in [1.165, 1.54) is 10.6 Å². The summed E-state index contributed by atoms with van der Waals surface area (Å²) in [6.07, 6.45) is -0.580. The van der Waals surface area contributed by atoms with E-state index >= 15 is 0 Å². The van der Waals surface area contributed by atoms with Gasteiger partial charge in [0.1, 0.15) is 11.0 Å². The first-order chi connectivity index (χ1) is 6.91. The minimum absolute atomic E-state index is 0.0927. The molecule has 0 spiro atoms. The minimum atomic E-state index is -0.580. The van der Waals surface area contributed by atoms with E-state index in [4.69, 9.17) is 11.6 Å². The SMILES string of the molecule is CC(O)Cn1c(C(C)C)nc(Cl)cc1=O. The van der Waals surface area contributed by atoms with Crippen LogP contribution in [0.15, 0.2) is 10.9 Å². The van der Waals surface area contributed by atoms with Gasteiger partial charge in [0.05, 0.1) is 12.6 Å². The van der Waals surface area contributed by atoms with Crippen LogP contribution >= 0.6 is 11.6 Å². The van der Waals surface area contributed by atoms with E-state index in [0.717, 1.165) is 0 Å². The van der Waals surface area contributed by atoms with Crippen molar-refractivity contribution in [3.63, 3.8) is 0 Å². The molecule has 0 radical (unpaired) electrons. The molecule has 1 aromatic heterocycles. The molecule has 1 atom stereocenters. The molecule has 5 heteroatoms. The molecule has 0 aliphatic heterocycles. The van der Waals surface area contributed by atoms with Crippen molar-refractivity contribution in [3.8, 4) is 0 Å². The van der Waals surface area contributed by atoms with E-state index in [1.807, 2.05) is 13.8 Å². The molecule has 0 saturated heterocycles. The van der Waals surface area contributed by atoms with Crippen molar-refractivity contribution < 1.29 is 5.11 Å². The number of aromatic nitrogens is 2. The van der Waals surface area contributed by atoms with E-state index in [-0.39, 0.29) is 23.2 Å². The molecular formula is C10H15ClN2O2. The topological polar surface area (TPSA) is 55.1 Å². The zero-order valence-corrected chi connectivity index (χ0v) is 9.82. The van der Waals surface area contributed by atoms with Crippen LogP contribution in [0.4, 0.5) is 0 Å². The quantitative estimate of drug-likeness (QED) is 0.799. The zero-order valence-electron chi connectivity index (χ0n) is 9.07. The summed E-state index contributed by atoms with van der Waals surface area (Å²) in [4.78, 5) is 15.7. The lowest BCUT2D eigenvalue weighted by molar-refractivity contribution is 0.169. The molecule has 0 aliphatic carbocycles. The highest BCUT2D eigenvalue weighted by atomic mass is 35.5. The highest BCUT2D eigenvalue weighted by Crippen LogP contribution is 2.12. The molecule has 1 aromatic rings. The van der Waals surface area contributed by atoms with Gasteiger partial charge in [-0.3, -0.25) is 9.36 Å². The third kappa shape index (κ3) is 3.04. The second-order valence-corrected chi connectivity index (χ2v) is 4.28. The normalized spacial score (nSPS) is 13.2. The Morgan fingerprint density at radius 2 is 2.13 bits per heavy atom. The highest BCUT2D eigenvalue weighted by molar-refractivity contribution is 6.29. The third-order valence-corrected chi connectivity index (χ3v) is 2.16. The van der Waals surface area contributed by atoms with Crippen molar-refractivity contribution in [2.24, 2.45) is 0 Å². The van der Waals surface area contributed by atoms with Crippen LogP contribution in [0.25, 0.3) is 0 Å². The first-order valence-corrected chi connectivity index (χ1v) is 5.25. The smallest absolute Gasteiger partial charge is 0.255 e. The lowest BCUT2D eigenvalue weighted by Gasteiger charge is -2.15. The Balaban J connectivity index is 3.27. The predicted molar refractivity (Wildman–Crippen MR) is 59.3 cm³/mol. The highest BCUT2D eigenvalue weighted by Gasteiger charge is 2.12. The number of hydrogen-bond acceptors (Lipinski definition) is 3. The molecule has 0 amide bonds. The Bertz CT molecular complexity index is 399. The summed E-state index contributed by atoms with van der Waals surface area (Å²) in [5, 5.41) is 9.48. The largest absolute Gasteiger partial charge is 0.392 e. The molecule has 1 heterocycles. The van der Waals surface area contributed by atoms with E-state index in [0.29, 0.717) is 5.82 Å². The van der Waals surface area contributed by atoms with Crippen LogP contribution < -0.4 is 5.56 Å². The van der Waals surface area contributed by atoms with Gasteiger partial charge in [-0.1, -0.05) is 25.4 Å². The molecule has 1 N–H and O–H groups in total. The standard InChI is InChI=1S/C10H15ClN2O2/c1-6(2)10-12-8(11)4-9(15)13(10)5-7(3)14/h4,6-7,14H,5H2,1-3H3. The number of aliphatic hydroxyl groups is 1. The van der Waals surface area contributed by atoms with Gasteiger partial charge in [0.25, 0.3) is 5.56 Å². The Morgan fingerprint density at radius 3 is 2.60 bits per heavy atom. The molecule has 1 rings (SSSR count). The average Bonchev–Trinajstić information content (AvgIpc) is 2.08. The maximum Gasteiger partial charge on any atom is 0.255 e. The third-order valence-electron chi connectivity index (χ3n) is 1.97. The lowest BCUT2D eigenvalue weighted by Crippen LogP contribution is -2.29. The summed E-state index contributed by atoms with van der Waals surface area (Å²) < 4.78 is 1.46. The Morgan fingerprint density at radius 1 is 1.53 bits per heavy atom. The fraction of sp³-hybridized carbons (Fsp3) is 0.600. The van der Waals surface area contributed by atoms with E-state index < -0.39 is 6.10 Å². The number of hydrogen-bond donors (Lipinski definition) is 1. The zero-order chi connectivity index (χ0) is 11.6. The molecule has 4 nitrogen and oxygen atoms in total. The van der Waals surface area contributed by atoms with Crippen LogP contribution in [-0.4, -0.2) is 20.8 Å². The van der Waals surface area contributed by atoms with Gasteiger partial charge in [-0.25, -0.2) is 4.98 Å². The van der Waals surface area contributed by atoms with Crippen LogP contribution in [0.3, 0.4) is 0 Å². The monoisotopic (exact) mass is 230 g/mol. The average molecular weight is 231 g/mol. The maximum absolute atomic E-state index is 11.6. The van der Waals surface area contributed by atoms with Crippen LogP contribution in [0.1, 0.15) is 32.5 Å². The second kappa shape index (κ2) is 4.77. The summed E-state index contributed by atoms with van der Waals surface area (Å²) >= 11 is 5.72. The fourth-order valence-corrected chi connectivity index (χ4v) is 1.56. The number of nitrogens with zero attached hydrogens (tertiary/aromatic N) is 2. The van der Waals surface area contributed by atoms with Gasteiger partial charge < -0.3 is 5.11 Å².